The van der Waals surface area contributed by atoms with Crippen LogP contribution in [-0.2, 0) is 0 Å². The molecule has 0 aliphatic carbocycles. The molecule has 0 radical (unpaired) electrons. The fraction of sp³-hybridized carbons (Fsp3) is 0.176. The van der Waals surface area contributed by atoms with Crippen LogP contribution in [0, 0.1) is 6.92 Å². The van der Waals surface area contributed by atoms with E-state index in [-0.39, 0.29) is 5.25 Å². The average molecular weight is 369 g/mol. The quantitative estimate of drug-likeness (QED) is 0.481. The molecular weight excluding hydrogens is 354 g/mol. The second-order valence-electron chi connectivity index (χ2n) is 5.38. The molecule has 1 aromatic carbocycles. The number of hydrogen-bond acceptors (Lipinski definition) is 7. The van der Waals surface area contributed by atoms with Crippen LogP contribution in [0.25, 0.3) is 16.5 Å². The minimum Gasteiger partial charge on any atom is -0.419 e. The van der Waals surface area contributed by atoms with Crippen LogP contribution in [0.5, 0.6) is 0 Å². The Kier molecular flexibility index (Phi) is 4.37. The molecule has 0 N–H and O–H groups in total. The van der Waals surface area contributed by atoms with Gasteiger partial charge >= 0.3 is 0 Å². The van der Waals surface area contributed by atoms with Gasteiger partial charge in [0.15, 0.2) is 5.16 Å². The predicted molar refractivity (Wildman–Crippen MR) is 98.0 cm³/mol. The van der Waals surface area contributed by atoms with E-state index in [0.29, 0.717) is 11.8 Å². The summed E-state index contributed by atoms with van der Waals surface area (Å²) in [4.78, 5) is 0.972. The third-order valence-electron chi connectivity index (χ3n) is 3.61. The summed E-state index contributed by atoms with van der Waals surface area (Å²) in [6.45, 7) is 3.96. The molecule has 4 rings (SSSR count). The Balaban J connectivity index is 1.59. The maximum absolute atomic E-state index is 5.82. The number of hydrogen-bond donors (Lipinski definition) is 0. The van der Waals surface area contributed by atoms with Gasteiger partial charge in [-0.05, 0) is 37.4 Å². The molecule has 126 valence electrons. The number of aromatic nitrogens is 5. The van der Waals surface area contributed by atoms with Crippen molar-refractivity contribution in [2.75, 3.05) is 0 Å². The zero-order valence-corrected chi connectivity index (χ0v) is 15.3. The van der Waals surface area contributed by atoms with E-state index in [1.165, 1.54) is 0 Å². The van der Waals surface area contributed by atoms with E-state index in [2.05, 4.69) is 20.4 Å². The molecular formula is C17H15N5OS2. The van der Waals surface area contributed by atoms with E-state index in [9.17, 15) is 0 Å². The van der Waals surface area contributed by atoms with Crippen LogP contribution >= 0.6 is 23.1 Å². The lowest BCUT2D eigenvalue weighted by Gasteiger charge is -2.10. The zero-order valence-electron chi connectivity index (χ0n) is 13.7. The second-order valence-corrected chi connectivity index (χ2v) is 7.64. The topological polar surface area (TPSA) is 69.6 Å². The zero-order chi connectivity index (χ0) is 17.2. The molecule has 3 aromatic heterocycles. The summed E-state index contributed by atoms with van der Waals surface area (Å²) in [5, 5.41) is 19.6. The normalized spacial score (nSPS) is 12.4. The van der Waals surface area contributed by atoms with Gasteiger partial charge in [0.2, 0.25) is 5.89 Å². The lowest BCUT2D eigenvalue weighted by atomic mass is 10.3. The number of para-hydroxylation sites is 1. The van der Waals surface area contributed by atoms with Crippen LogP contribution in [0.15, 0.2) is 57.4 Å². The summed E-state index contributed by atoms with van der Waals surface area (Å²) < 4.78 is 7.85. The summed E-state index contributed by atoms with van der Waals surface area (Å²) in [7, 11) is 0. The maximum Gasteiger partial charge on any atom is 0.257 e. The first kappa shape index (κ1) is 16.0. The minimum absolute atomic E-state index is 0.0349. The third kappa shape index (κ3) is 3.22. The van der Waals surface area contributed by atoms with E-state index in [4.69, 9.17) is 4.42 Å². The molecule has 0 saturated carbocycles. The summed E-state index contributed by atoms with van der Waals surface area (Å²) in [6, 6.07) is 14.0. The molecule has 4 aromatic rings. The second kappa shape index (κ2) is 6.81. The molecule has 1 unspecified atom stereocenters. The van der Waals surface area contributed by atoms with E-state index < -0.39 is 0 Å². The highest BCUT2D eigenvalue weighted by molar-refractivity contribution is 7.99. The van der Waals surface area contributed by atoms with Crippen molar-refractivity contribution in [1.82, 2.24) is 25.0 Å². The van der Waals surface area contributed by atoms with Crippen molar-refractivity contribution >= 4 is 23.1 Å². The Morgan fingerprint density at radius 2 is 1.88 bits per heavy atom. The number of benzene rings is 1. The van der Waals surface area contributed by atoms with Gasteiger partial charge in [-0.3, -0.25) is 4.57 Å². The first-order valence-electron chi connectivity index (χ1n) is 7.74. The fourth-order valence-corrected chi connectivity index (χ4v) is 3.99. The molecule has 1 atom stereocenters. The largest absolute Gasteiger partial charge is 0.419 e. The van der Waals surface area contributed by atoms with Gasteiger partial charge in [-0.1, -0.05) is 36.0 Å². The van der Waals surface area contributed by atoms with Gasteiger partial charge in [-0.15, -0.1) is 31.7 Å². The average Bonchev–Trinajstić information content (AvgIpc) is 3.36. The molecule has 0 fully saturated rings. The van der Waals surface area contributed by atoms with Crippen LogP contribution in [0.3, 0.4) is 0 Å². The lowest BCUT2D eigenvalue weighted by Crippen LogP contribution is -2.00. The van der Waals surface area contributed by atoms with Crippen LogP contribution in [-0.4, -0.2) is 25.0 Å². The summed E-state index contributed by atoms with van der Waals surface area (Å²) >= 11 is 3.12. The summed E-state index contributed by atoms with van der Waals surface area (Å²) in [5.41, 5.74) is 1.03. The Morgan fingerprint density at radius 1 is 1.04 bits per heavy atom. The number of nitrogens with zero attached hydrogens (tertiary/aromatic N) is 5. The molecule has 0 amide bonds. The van der Waals surface area contributed by atoms with Crippen LogP contribution in [0.4, 0.5) is 0 Å². The van der Waals surface area contributed by atoms with Gasteiger partial charge in [0.05, 0.1) is 10.1 Å². The van der Waals surface area contributed by atoms with Crippen LogP contribution < -0.4 is 0 Å². The third-order valence-corrected chi connectivity index (χ3v) is 5.50. The van der Waals surface area contributed by atoms with Gasteiger partial charge in [-0.2, -0.15) is 0 Å². The molecule has 6 nitrogen and oxygen atoms in total. The van der Waals surface area contributed by atoms with Crippen molar-refractivity contribution in [3.05, 3.63) is 59.6 Å². The Bertz CT molecular complexity index is 962. The number of rotatable bonds is 5. The standard InChI is InChI=1S/C17H15N5OS2/c1-11(15-19-20-16(23-15)14-9-6-10-24-14)25-17-21-18-12(2)22(17)13-7-4-3-5-8-13/h3-11H,1-2H3. The maximum atomic E-state index is 5.82. The van der Waals surface area contributed by atoms with Crippen LogP contribution in [0.1, 0.15) is 23.9 Å². The van der Waals surface area contributed by atoms with E-state index in [1.807, 2.05) is 66.3 Å². The lowest BCUT2D eigenvalue weighted by molar-refractivity contribution is 0.510. The molecule has 25 heavy (non-hydrogen) atoms. The number of aryl methyl sites for hydroxylation is 1. The molecule has 3 heterocycles. The van der Waals surface area contributed by atoms with Gasteiger partial charge in [0.1, 0.15) is 5.82 Å². The van der Waals surface area contributed by atoms with Crippen molar-refractivity contribution in [2.24, 2.45) is 0 Å². The van der Waals surface area contributed by atoms with Crippen molar-refractivity contribution < 1.29 is 4.42 Å². The number of thiophene rings is 1. The highest BCUT2D eigenvalue weighted by Gasteiger charge is 2.20. The highest BCUT2D eigenvalue weighted by atomic mass is 32.2. The van der Waals surface area contributed by atoms with E-state index in [1.54, 1.807) is 23.1 Å². The van der Waals surface area contributed by atoms with Gasteiger partial charge in [-0.25, -0.2) is 0 Å². The highest BCUT2D eigenvalue weighted by Crippen LogP contribution is 2.36. The smallest absolute Gasteiger partial charge is 0.257 e. The van der Waals surface area contributed by atoms with Crippen molar-refractivity contribution in [1.29, 1.82) is 0 Å². The monoisotopic (exact) mass is 369 g/mol. The van der Waals surface area contributed by atoms with E-state index in [0.717, 1.165) is 21.5 Å². The van der Waals surface area contributed by atoms with Gasteiger partial charge in [0.25, 0.3) is 5.89 Å². The first-order valence-corrected chi connectivity index (χ1v) is 9.49. The molecule has 8 heteroatoms. The fourth-order valence-electron chi connectivity index (χ4n) is 2.40. The molecule has 0 saturated heterocycles. The van der Waals surface area contributed by atoms with Crippen molar-refractivity contribution in [3.8, 4) is 16.5 Å². The number of thioether (sulfide) groups is 1. The van der Waals surface area contributed by atoms with Gasteiger partial charge < -0.3 is 4.42 Å². The minimum atomic E-state index is -0.0349. The molecule has 0 bridgehead atoms. The first-order chi connectivity index (χ1) is 12.2. The van der Waals surface area contributed by atoms with Crippen molar-refractivity contribution in [2.45, 2.75) is 24.3 Å². The SMILES string of the molecule is Cc1nnc(SC(C)c2nnc(-c3cccs3)o2)n1-c1ccccc1. The Morgan fingerprint density at radius 3 is 2.64 bits per heavy atom. The van der Waals surface area contributed by atoms with Crippen molar-refractivity contribution in [3.63, 3.8) is 0 Å². The van der Waals surface area contributed by atoms with Crippen LogP contribution in [0.2, 0.25) is 0 Å². The summed E-state index contributed by atoms with van der Waals surface area (Å²) in [6.07, 6.45) is 0. The molecule has 0 aliphatic heterocycles. The molecule has 0 spiro atoms. The Hall–Kier alpha value is -2.45. The predicted octanol–water partition coefficient (Wildman–Crippen LogP) is 4.54. The molecule has 0 aliphatic rings. The van der Waals surface area contributed by atoms with E-state index >= 15 is 0 Å². The summed E-state index contributed by atoms with van der Waals surface area (Å²) in [5.74, 6) is 1.97. The van der Waals surface area contributed by atoms with Gasteiger partial charge in [0, 0.05) is 5.69 Å². The Labute approximate surface area is 152 Å².